The Morgan fingerprint density at radius 1 is 1.16 bits per heavy atom. The highest BCUT2D eigenvalue weighted by molar-refractivity contribution is 5.99. The van der Waals surface area contributed by atoms with E-state index in [1.54, 1.807) is 11.9 Å². The Labute approximate surface area is 148 Å². The van der Waals surface area contributed by atoms with Crippen LogP contribution in [0.15, 0.2) is 48.0 Å². The van der Waals surface area contributed by atoms with Gasteiger partial charge in [-0.1, -0.05) is 24.3 Å². The molecule has 25 heavy (non-hydrogen) atoms. The van der Waals surface area contributed by atoms with Crippen molar-refractivity contribution in [2.45, 2.75) is 13.8 Å². The van der Waals surface area contributed by atoms with Gasteiger partial charge in [0.05, 0.1) is 12.1 Å². The number of aryl methyl sites for hydroxylation is 2. The summed E-state index contributed by atoms with van der Waals surface area (Å²) in [5, 5.41) is 0. The van der Waals surface area contributed by atoms with Crippen LogP contribution < -0.4 is 9.47 Å². The lowest BCUT2D eigenvalue weighted by Gasteiger charge is -2.22. The first-order valence-corrected chi connectivity index (χ1v) is 8.42. The number of ether oxygens (including phenoxy) is 2. The third kappa shape index (κ3) is 4.21. The number of nitrogens with zero attached hydrogens (tertiary/aromatic N) is 1. The number of carbonyl (C=O) groups excluding carboxylic acids is 1. The number of para-hydroxylation sites is 1. The van der Waals surface area contributed by atoms with E-state index in [2.05, 4.69) is 6.07 Å². The van der Waals surface area contributed by atoms with Crippen LogP contribution in [0.1, 0.15) is 16.7 Å². The van der Waals surface area contributed by atoms with Crippen molar-refractivity contribution in [1.82, 2.24) is 4.90 Å². The van der Waals surface area contributed by atoms with Gasteiger partial charge in [0.15, 0.2) is 0 Å². The molecule has 1 aliphatic rings. The van der Waals surface area contributed by atoms with Gasteiger partial charge in [-0.2, -0.15) is 0 Å². The lowest BCUT2D eigenvalue weighted by atomic mass is 10.1. The van der Waals surface area contributed by atoms with Gasteiger partial charge >= 0.3 is 0 Å². The number of fused-ring (bicyclic) bond motifs is 1. The predicted molar refractivity (Wildman–Crippen MR) is 99.0 cm³/mol. The Morgan fingerprint density at radius 2 is 1.88 bits per heavy atom. The van der Waals surface area contributed by atoms with Gasteiger partial charge in [0.1, 0.15) is 24.7 Å². The lowest BCUT2D eigenvalue weighted by Crippen LogP contribution is -2.34. The normalized spacial score (nSPS) is 12.7. The second-order valence-corrected chi connectivity index (χ2v) is 6.39. The maximum absolute atomic E-state index is 12.6. The average molecular weight is 337 g/mol. The summed E-state index contributed by atoms with van der Waals surface area (Å²) >= 11 is 0. The van der Waals surface area contributed by atoms with Gasteiger partial charge in [-0.3, -0.25) is 4.79 Å². The van der Waals surface area contributed by atoms with Crippen LogP contribution >= 0.6 is 0 Å². The molecule has 0 unspecified atom stereocenters. The molecule has 2 aromatic carbocycles. The van der Waals surface area contributed by atoms with Crippen LogP contribution in [-0.2, 0) is 4.79 Å². The molecule has 1 amide bonds. The van der Waals surface area contributed by atoms with E-state index in [9.17, 15) is 4.79 Å². The second-order valence-electron chi connectivity index (χ2n) is 6.39. The van der Waals surface area contributed by atoms with Crippen molar-refractivity contribution < 1.29 is 14.3 Å². The maximum atomic E-state index is 12.6. The topological polar surface area (TPSA) is 38.8 Å². The smallest absolute Gasteiger partial charge is 0.253 e. The average Bonchev–Trinajstić information content (AvgIpc) is 2.59. The van der Waals surface area contributed by atoms with Crippen LogP contribution in [0.3, 0.4) is 0 Å². The Hall–Kier alpha value is -2.75. The molecule has 0 bridgehead atoms. The van der Waals surface area contributed by atoms with Gasteiger partial charge in [-0.15, -0.1) is 0 Å². The minimum atomic E-state index is -0.0291. The maximum Gasteiger partial charge on any atom is 0.253 e. The molecule has 2 aromatic rings. The minimum Gasteiger partial charge on any atom is -0.492 e. The van der Waals surface area contributed by atoms with Gasteiger partial charge in [0, 0.05) is 12.6 Å². The number of benzene rings is 2. The zero-order chi connectivity index (χ0) is 17.8. The van der Waals surface area contributed by atoms with Crippen molar-refractivity contribution in [3.63, 3.8) is 0 Å². The van der Waals surface area contributed by atoms with Crippen LogP contribution in [0.5, 0.6) is 11.5 Å². The van der Waals surface area contributed by atoms with Gasteiger partial charge in [-0.05, 0) is 49.2 Å². The first-order valence-electron chi connectivity index (χ1n) is 8.42. The molecule has 1 aliphatic heterocycles. The summed E-state index contributed by atoms with van der Waals surface area (Å²) < 4.78 is 11.4. The Morgan fingerprint density at radius 3 is 2.64 bits per heavy atom. The fraction of sp³-hybridized carbons (Fsp3) is 0.286. The van der Waals surface area contributed by atoms with E-state index in [4.69, 9.17) is 9.47 Å². The highest BCUT2D eigenvalue weighted by Crippen LogP contribution is 2.26. The highest BCUT2D eigenvalue weighted by Gasteiger charge is 2.19. The van der Waals surface area contributed by atoms with E-state index in [0.717, 1.165) is 17.1 Å². The summed E-state index contributed by atoms with van der Waals surface area (Å²) in [4.78, 5) is 14.3. The van der Waals surface area contributed by atoms with Gasteiger partial charge in [0.2, 0.25) is 0 Å². The number of hydrogen-bond donors (Lipinski definition) is 0. The first-order chi connectivity index (χ1) is 12.0. The highest BCUT2D eigenvalue weighted by atomic mass is 16.5. The number of amides is 1. The molecule has 1 heterocycles. The largest absolute Gasteiger partial charge is 0.492 e. The van der Waals surface area contributed by atoms with Crippen LogP contribution in [0, 0.1) is 13.8 Å². The predicted octanol–water partition coefficient (Wildman–Crippen LogP) is 3.62. The molecule has 0 spiro atoms. The molecule has 0 saturated heterocycles. The molecule has 0 atom stereocenters. The summed E-state index contributed by atoms with van der Waals surface area (Å²) in [6, 6.07) is 13.8. The van der Waals surface area contributed by atoms with Crippen LogP contribution in [0.2, 0.25) is 0 Å². The van der Waals surface area contributed by atoms with E-state index < -0.39 is 0 Å². The molecule has 0 N–H and O–H groups in total. The molecule has 4 heteroatoms. The number of likely N-dealkylation sites (N-methyl/N-ethyl adjacent to an activating group) is 1. The van der Waals surface area contributed by atoms with E-state index in [1.165, 1.54) is 11.1 Å². The molecule has 0 radical (unpaired) electrons. The Kier molecular flexibility index (Phi) is 5.08. The van der Waals surface area contributed by atoms with Crippen molar-refractivity contribution in [1.29, 1.82) is 0 Å². The summed E-state index contributed by atoms with van der Waals surface area (Å²) in [5.74, 6) is 1.63. The summed E-state index contributed by atoms with van der Waals surface area (Å²) in [6.07, 6.45) is 1.91. The Bertz CT molecular complexity index is 790. The lowest BCUT2D eigenvalue weighted by molar-refractivity contribution is -0.126. The number of carbonyl (C=O) groups is 1. The SMILES string of the molecule is Cc1cc(C)cc(OCCN(C)C(=O)C2=Cc3ccccc3OC2)c1. The molecule has 0 saturated carbocycles. The zero-order valence-corrected chi connectivity index (χ0v) is 14.9. The van der Waals surface area contributed by atoms with E-state index in [1.807, 2.05) is 56.3 Å². The fourth-order valence-corrected chi connectivity index (χ4v) is 2.90. The molecular weight excluding hydrogens is 314 g/mol. The third-order valence-electron chi connectivity index (χ3n) is 4.14. The van der Waals surface area contributed by atoms with E-state index in [-0.39, 0.29) is 5.91 Å². The summed E-state index contributed by atoms with van der Waals surface area (Å²) in [6.45, 7) is 5.37. The summed E-state index contributed by atoms with van der Waals surface area (Å²) in [7, 11) is 1.79. The van der Waals surface area contributed by atoms with E-state index >= 15 is 0 Å². The zero-order valence-electron chi connectivity index (χ0n) is 14.9. The molecule has 3 rings (SSSR count). The van der Waals surface area contributed by atoms with Crippen LogP contribution in [0.25, 0.3) is 6.08 Å². The third-order valence-corrected chi connectivity index (χ3v) is 4.14. The molecular formula is C21H23NO3. The summed E-state index contributed by atoms with van der Waals surface area (Å²) in [5.41, 5.74) is 3.94. The van der Waals surface area contributed by atoms with Crippen LogP contribution in [-0.4, -0.2) is 37.6 Å². The van der Waals surface area contributed by atoms with Crippen LogP contribution in [0.4, 0.5) is 0 Å². The van der Waals surface area contributed by atoms with Crippen molar-refractivity contribution in [2.75, 3.05) is 26.8 Å². The molecule has 0 aliphatic carbocycles. The van der Waals surface area contributed by atoms with Crippen molar-refractivity contribution in [3.8, 4) is 11.5 Å². The number of hydrogen-bond acceptors (Lipinski definition) is 3. The fourth-order valence-electron chi connectivity index (χ4n) is 2.90. The molecule has 0 aromatic heterocycles. The van der Waals surface area contributed by atoms with Crippen molar-refractivity contribution in [2.24, 2.45) is 0 Å². The molecule has 4 nitrogen and oxygen atoms in total. The molecule has 0 fully saturated rings. The van der Waals surface area contributed by atoms with Crippen molar-refractivity contribution >= 4 is 12.0 Å². The standard InChI is InChI=1S/C21H23NO3/c1-15-10-16(2)12-19(11-15)24-9-8-22(3)21(23)18-13-17-6-4-5-7-20(17)25-14-18/h4-7,10-13H,8-9,14H2,1-3H3. The molecule has 130 valence electrons. The quantitative estimate of drug-likeness (QED) is 0.836. The second kappa shape index (κ2) is 7.43. The van der Waals surface area contributed by atoms with Gasteiger partial charge < -0.3 is 14.4 Å². The van der Waals surface area contributed by atoms with E-state index in [0.29, 0.717) is 25.3 Å². The monoisotopic (exact) mass is 337 g/mol. The Balaban J connectivity index is 1.57. The van der Waals surface area contributed by atoms with Gasteiger partial charge in [0.25, 0.3) is 5.91 Å². The van der Waals surface area contributed by atoms with Gasteiger partial charge in [-0.25, -0.2) is 0 Å². The first kappa shape index (κ1) is 17.1. The van der Waals surface area contributed by atoms with Crippen molar-refractivity contribution in [3.05, 3.63) is 64.7 Å². The number of rotatable bonds is 5. The minimum absolute atomic E-state index is 0.0291.